The van der Waals surface area contributed by atoms with Crippen molar-refractivity contribution in [2.45, 2.75) is 145 Å². The van der Waals surface area contributed by atoms with Gasteiger partial charge in [-0.1, -0.05) is 60.6 Å². The highest BCUT2D eigenvalue weighted by molar-refractivity contribution is 5.76. The molecule has 0 heterocycles. The number of nitrogens with one attached hydrogen (secondary N) is 1. The lowest BCUT2D eigenvalue weighted by Gasteiger charge is -2.73. The normalized spacial score (nSPS) is 43.6. The third-order valence-corrected chi connectivity index (χ3v) is 15.5. The van der Waals surface area contributed by atoms with Crippen molar-refractivity contribution in [2.24, 2.45) is 62.1 Å². The van der Waals surface area contributed by atoms with Crippen molar-refractivity contribution < 1.29 is 24.2 Å². The molecule has 0 unspecified atom stereocenters. The van der Waals surface area contributed by atoms with Crippen LogP contribution in [0.15, 0.2) is 12.2 Å². The molecule has 10 atom stereocenters. The van der Waals surface area contributed by atoms with Gasteiger partial charge in [-0.15, -0.1) is 0 Å². The van der Waals surface area contributed by atoms with E-state index in [9.17, 15) is 19.5 Å². The SMILES string of the molecule is C=C(C)[C@@H]1CC[C@]2(CC(=O)NC)CC[C@]3(C)[C@H](CC[C@@H]4[C@@]5(C)CC[C@H](OC(=O)CC(C)(C)CC(=O)O)C(C)(C)[C@@H]5CC[C@]43C)[C@@H]12. The molecule has 5 fully saturated rings. The van der Waals surface area contributed by atoms with Crippen molar-refractivity contribution in [3.05, 3.63) is 12.2 Å². The average molecular weight is 626 g/mol. The van der Waals surface area contributed by atoms with Crippen molar-refractivity contribution in [1.82, 2.24) is 5.32 Å². The molecule has 0 aromatic carbocycles. The fraction of sp³-hybridized carbons (Fsp3) is 0.872. The number of allylic oxidation sites excluding steroid dienone is 1. The molecular weight excluding hydrogens is 562 g/mol. The molecule has 1 amide bonds. The predicted octanol–water partition coefficient (Wildman–Crippen LogP) is 8.58. The second kappa shape index (κ2) is 11.4. The Morgan fingerprint density at radius 1 is 0.867 bits per heavy atom. The number of ether oxygens (including phenoxy) is 1. The minimum atomic E-state index is -0.881. The van der Waals surface area contributed by atoms with Gasteiger partial charge in [0.25, 0.3) is 0 Å². The number of carboxylic acids is 1. The van der Waals surface area contributed by atoms with E-state index in [1.54, 1.807) is 7.05 Å². The summed E-state index contributed by atoms with van der Waals surface area (Å²) in [7, 11) is 1.79. The van der Waals surface area contributed by atoms with Crippen LogP contribution in [-0.2, 0) is 19.1 Å². The maximum atomic E-state index is 13.1. The first-order valence-corrected chi connectivity index (χ1v) is 18.0. The summed E-state index contributed by atoms with van der Waals surface area (Å²) in [6.07, 6.45) is 12.0. The Morgan fingerprint density at radius 3 is 2.18 bits per heavy atom. The highest BCUT2D eigenvalue weighted by atomic mass is 16.5. The summed E-state index contributed by atoms with van der Waals surface area (Å²) in [6.45, 7) is 22.9. The van der Waals surface area contributed by atoms with E-state index in [4.69, 9.17) is 4.74 Å². The van der Waals surface area contributed by atoms with Crippen molar-refractivity contribution in [1.29, 1.82) is 0 Å². The molecule has 5 aliphatic carbocycles. The van der Waals surface area contributed by atoms with Crippen molar-refractivity contribution in [3.63, 3.8) is 0 Å². The highest BCUT2D eigenvalue weighted by Crippen LogP contribution is 2.78. The zero-order valence-electron chi connectivity index (χ0n) is 29.9. The van der Waals surface area contributed by atoms with Gasteiger partial charge in [-0.25, -0.2) is 0 Å². The van der Waals surface area contributed by atoms with E-state index < -0.39 is 11.4 Å². The molecule has 0 aromatic heterocycles. The van der Waals surface area contributed by atoms with Crippen LogP contribution in [0.3, 0.4) is 0 Å². The lowest BCUT2D eigenvalue weighted by atomic mass is 9.32. The van der Waals surface area contributed by atoms with Gasteiger partial charge < -0.3 is 15.2 Å². The lowest BCUT2D eigenvalue weighted by Crippen LogP contribution is -2.67. The van der Waals surface area contributed by atoms with Crippen LogP contribution in [0.2, 0.25) is 0 Å². The molecule has 0 aliphatic heterocycles. The Hall–Kier alpha value is -1.85. The summed E-state index contributed by atoms with van der Waals surface area (Å²) < 4.78 is 6.25. The summed E-state index contributed by atoms with van der Waals surface area (Å²) >= 11 is 0. The van der Waals surface area contributed by atoms with Crippen LogP contribution in [0.4, 0.5) is 0 Å². The summed E-state index contributed by atoms with van der Waals surface area (Å²) in [4.78, 5) is 37.4. The monoisotopic (exact) mass is 625 g/mol. The van der Waals surface area contributed by atoms with Gasteiger partial charge in [0.1, 0.15) is 6.10 Å². The molecule has 45 heavy (non-hydrogen) atoms. The molecule has 0 bridgehead atoms. The van der Waals surface area contributed by atoms with E-state index in [-0.39, 0.29) is 57.9 Å². The maximum Gasteiger partial charge on any atom is 0.306 e. The van der Waals surface area contributed by atoms with E-state index in [1.165, 1.54) is 37.7 Å². The minimum absolute atomic E-state index is 0.0439. The number of aliphatic carboxylic acids is 1. The standard InChI is InChI=1S/C39H63NO5/c1-24(2)25-13-18-39(21-30(41)40-10)20-19-37(8)26(33(25)39)11-12-28-36(7)16-15-29(35(5,6)27(36)14-17-38(28,37)9)45-32(44)23-34(3,4)22-31(42)43/h25-29,33H,1,11-23H2,2-10H3,(H,40,41)(H,42,43)/t25-,26+,27-,28+,29-,33+,36-,37+,38+,39+/m0/s1. The molecule has 5 aliphatic rings. The van der Waals surface area contributed by atoms with Crippen molar-refractivity contribution in [2.75, 3.05) is 7.05 Å². The van der Waals surface area contributed by atoms with Crippen LogP contribution in [0.25, 0.3) is 0 Å². The number of carbonyl (C=O) groups excluding carboxylic acids is 2. The number of hydrogen-bond donors (Lipinski definition) is 2. The van der Waals surface area contributed by atoms with Crippen molar-refractivity contribution >= 4 is 17.8 Å². The van der Waals surface area contributed by atoms with Crippen LogP contribution < -0.4 is 5.32 Å². The van der Waals surface area contributed by atoms with Crippen LogP contribution >= 0.6 is 0 Å². The summed E-state index contributed by atoms with van der Waals surface area (Å²) in [5, 5.41) is 12.3. The van der Waals surface area contributed by atoms with Gasteiger partial charge in [0.05, 0.1) is 12.8 Å². The minimum Gasteiger partial charge on any atom is -0.481 e. The van der Waals surface area contributed by atoms with E-state index in [0.717, 1.165) is 32.1 Å². The number of rotatable bonds is 8. The van der Waals surface area contributed by atoms with E-state index in [2.05, 4.69) is 53.4 Å². The van der Waals surface area contributed by atoms with Crippen LogP contribution in [0.5, 0.6) is 0 Å². The van der Waals surface area contributed by atoms with E-state index >= 15 is 0 Å². The molecule has 0 spiro atoms. The van der Waals surface area contributed by atoms with Crippen LogP contribution in [-0.4, -0.2) is 36.1 Å². The molecular formula is C39H63NO5. The number of hydrogen-bond acceptors (Lipinski definition) is 4. The molecule has 0 aromatic rings. The average Bonchev–Trinajstić information content (AvgIpc) is 3.29. The molecule has 254 valence electrons. The zero-order chi connectivity index (χ0) is 33.4. The van der Waals surface area contributed by atoms with Gasteiger partial charge in [-0.2, -0.15) is 0 Å². The first-order valence-electron chi connectivity index (χ1n) is 18.0. The third-order valence-electron chi connectivity index (χ3n) is 15.5. The van der Waals surface area contributed by atoms with Gasteiger partial charge in [-0.3, -0.25) is 14.4 Å². The summed E-state index contributed by atoms with van der Waals surface area (Å²) in [6, 6.07) is 0. The van der Waals surface area contributed by atoms with Crippen molar-refractivity contribution in [3.8, 4) is 0 Å². The smallest absolute Gasteiger partial charge is 0.306 e. The molecule has 5 rings (SSSR count). The van der Waals surface area contributed by atoms with Gasteiger partial charge in [0, 0.05) is 18.9 Å². The lowest BCUT2D eigenvalue weighted by molar-refractivity contribution is -0.250. The Balaban J connectivity index is 1.40. The number of carboxylic acid groups (broad SMARTS) is 1. The van der Waals surface area contributed by atoms with Gasteiger partial charge >= 0.3 is 11.9 Å². The second-order valence-corrected chi connectivity index (χ2v) is 18.6. The Morgan fingerprint density at radius 2 is 1.56 bits per heavy atom. The first kappa shape index (κ1) is 34.5. The fourth-order valence-corrected chi connectivity index (χ4v) is 13.2. The first-order chi connectivity index (χ1) is 20.8. The topological polar surface area (TPSA) is 92.7 Å². The van der Waals surface area contributed by atoms with E-state index in [1.807, 2.05) is 13.8 Å². The Labute approximate surface area is 273 Å². The number of carbonyl (C=O) groups is 3. The molecule has 0 saturated heterocycles. The van der Waals surface area contributed by atoms with Crippen LogP contribution in [0, 0.1) is 62.1 Å². The quantitative estimate of drug-likeness (QED) is 0.208. The molecule has 0 radical (unpaired) electrons. The summed E-state index contributed by atoms with van der Waals surface area (Å²) in [5.74, 6) is 1.79. The fourth-order valence-electron chi connectivity index (χ4n) is 13.2. The molecule has 6 heteroatoms. The third kappa shape index (κ3) is 5.40. The van der Waals surface area contributed by atoms with Gasteiger partial charge in [0.2, 0.25) is 5.91 Å². The Bertz CT molecular complexity index is 1220. The molecule has 5 saturated carbocycles. The zero-order valence-corrected chi connectivity index (χ0v) is 29.9. The van der Waals surface area contributed by atoms with Crippen LogP contribution in [0.1, 0.15) is 139 Å². The van der Waals surface area contributed by atoms with Gasteiger partial charge in [0.15, 0.2) is 0 Å². The Kier molecular flexibility index (Phi) is 8.73. The predicted molar refractivity (Wildman–Crippen MR) is 178 cm³/mol. The highest BCUT2D eigenvalue weighted by Gasteiger charge is 2.71. The number of amides is 1. The maximum absolute atomic E-state index is 13.1. The van der Waals surface area contributed by atoms with Gasteiger partial charge in [-0.05, 0) is 128 Å². The van der Waals surface area contributed by atoms with E-state index in [0.29, 0.717) is 36.0 Å². The largest absolute Gasteiger partial charge is 0.481 e. The molecule has 6 nitrogen and oxygen atoms in total. The molecule has 2 N–H and O–H groups in total. The summed E-state index contributed by atoms with van der Waals surface area (Å²) in [5.41, 5.74) is 1.26. The number of esters is 1. The number of fused-ring (bicyclic) bond motifs is 7. The second-order valence-electron chi connectivity index (χ2n) is 18.6.